The number of amides is 2. The molecule has 16 heteroatoms. The average Bonchev–Trinajstić information content (AvgIpc) is 3.47. The molecule has 3 N–H and O–H groups in total. The van der Waals surface area contributed by atoms with Crippen LogP contribution < -0.4 is 20.7 Å². The molecule has 0 aliphatic carbocycles. The molecule has 2 aliphatic rings. The lowest BCUT2D eigenvalue weighted by Gasteiger charge is -2.50. The van der Waals surface area contributed by atoms with Gasteiger partial charge >= 0.3 is 0 Å². The van der Waals surface area contributed by atoms with Gasteiger partial charge in [0.2, 0.25) is 17.2 Å². The number of hydrogen-bond acceptors (Lipinski definition) is 11. The van der Waals surface area contributed by atoms with Crippen molar-refractivity contribution in [3.63, 3.8) is 0 Å². The van der Waals surface area contributed by atoms with Crippen molar-refractivity contribution in [1.82, 2.24) is 24.0 Å². The summed E-state index contributed by atoms with van der Waals surface area (Å²) in [5.41, 5.74) is 7.58. The summed E-state index contributed by atoms with van der Waals surface area (Å²) in [7, 11) is 1.25. The third-order valence-electron chi connectivity index (χ3n) is 6.01. The van der Waals surface area contributed by atoms with Crippen molar-refractivity contribution >= 4 is 73.4 Å². The smallest absolute Gasteiger partial charge is 0.278 e. The molecular weight excluding hydrogens is 588 g/mol. The second kappa shape index (κ2) is 9.75. The van der Waals surface area contributed by atoms with Gasteiger partial charge in [0.25, 0.3) is 11.8 Å². The number of halogens is 1. The van der Waals surface area contributed by atoms with Gasteiger partial charge in [-0.3, -0.25) is 18.9 Å². The van der Waals surface area contributed by atoms with E-state index < -0.39 is 29.2 Å². The van der Waals surface area contributed by atoms with Crippen LogP contribution in [0.15, 0.2) is 45.6 Å². The fraction of sp³-hybridized carbons (Fsp3) is 0.286. The number of anilines is 1. The molecule has 3 aromatic heterocycles. The third kappa shape index (κ3) is 4.34. The summed E-state index contributed by atoms with van der Waals surface area (Å²) in [5.74, 6) is -2.49. The fourth-order valence-electron chi connectivity index (χ4n) is 4.26. The number of nitrogens with one attached hydrogen (secondary N) is 1. The molecule has 0 unspecified atom stereocenters. The van der Waals surface area contributed by atoms with Crippen LogP contribution in [0.25, 0.3) is 5.52 Å². The first kappa shape index (κ1) is 25.2. The van der Waals surface area contributed by atoms with Crippen LogP contribution in [0.5, 0.6) is 0 Å². The fourth-order valence-corrected chi connectivity index (χ4v) is 6.47. The van der Waals surface area contributed by atoms with E-state index in [4.69, 9.17) is 10.6 Å². The Hall–Kier alpha value is -3.50. The maximum atomic E-state index is 13.0. The van der Waals surface area contributed by atoms with Gasteiger partial charge in [-0.05, 0) is 28.1 Å². The first-order valence-corrected chi connectivity index (χ1v) is 13.4. The minimum Gasteiger partial charge on any atom is -0.543 e. The number of rotatable bonds is 7. The molecule has 0 aromatic carbocycles. The number of aromatic nitrogens is 4. The molecule has 13 nitrogen and oxygen atoms in total. The van der Waals surface area contributed by atoms with Gasteiger partial charge in [-0.2, -0.15) is 13.9 Å². The first-order chi connectivity index (χ1) is 17.7. The monoisotopic (exact) mass is 606 g/mol. The molecule has 0 saturated carbocycles. The number of fused-ring (bicyclic) bond motifs is 2. The Morgan fingerprint density at radius 1 is 1.43 bits per heavy atom. The Morgan fingerprint density at radius 3 is 2.89 bits per heavy atom. The molecule has 0 bridgehead atoms. The highest BCUT2D eigenvalue weighted by atomic mass is 79.9. The number of nitrogens with two attached hydrogens (primary N) is 1. The van der Waals surface area contributed by atoms with Crippen LogP contribution in [0, 0.1) is 6.92 Å². The quantitative estimate of drug-likeness (QED) is 0.151. The summed E-state index contributed by atoms with van der Waals surface area (Å²) in [6.07, 6.45) is 3.72. The first-order valence-electron chi connectivity index (χ1n) is 10.8. The van der Waals surface area contributed by atoms with Gasteiger partial charge in [0.15, 0.2) is 17.9 Å². The Balaban J connectivity index is 1.38. The third-order valence-corrected chi connectivity index (χ3v) is 8.53. The van der Waals surface area contributed by atoms with Gasteiger partial charge in [-0.15, -0.1) is 11.8 Å². The highest BCUT2D eigenvalue weighted by Crippen LogP contribution is 2.40. The zero-order valence-corrected chi connectivity index (χ0v) is 22.6. The van der Waals surface area contributed by atoms with Crippen molar-refractivity contribution in [2.45, 2.75) is 24.9 Å². The van der Waals surface area contributed by atoms with E-state index in [1.165, 1.54) is 18.9 Å². The van der Waals surface area contributed by atoms with Crippen molar-refractivity contribution in [3.8, 4) is 0 Å². The lowest BCUT2D eigenvalue weighted by molar-refractivity contribution is -0.694. The van der Waals surface area contributed by atoms with Gasteiger partial charge < -0.3 is 25.8 Å². The summed E-state index contributed by atoms with van der Waals surface area (Å²) < 4.78 is 8.74. The van der Waals surface area contributed by atoms with Crippen LogP contribution in [0.4, 0.5) is 5.13 Å². The number of β-lactam (4-membered cyclic amide) rings is 1. The molecule has 5 heterocycles. The van der Waals surface area contributed by atoms with Crippen LogP contribution in [-0.4, -0.2) is 66.4 Å². The predicted octanol–water partition coefficient (Wildman–Crippen LogP) is -0.814. The number of aliphatic carboxylic acids is 1. The van der Waals surface area contributed by atoms with Crippen LogP contribution in [-0.2, 0) is 25.8 Å². The number of thioether (sulfide) groups is 1. The number of hydrogen-bond donors (Lipinski definition) is 2. The number of carbonyl (C=O) groups is 3. The van der Waals surface area contributed by atoms with Gasteiger partial charge in [0.05, 0.1) is 22.5 Å². The topological polar surface area (TPSA) is 171 Å². The van der Waals surface area contributed by atoms with E-state index in [1.807, 2.05) is 40.4 Å². The number of carboxylic acids is 1. The van der Waals surface area contributed by atoms with Gasteiger partial charge in [0.1, 0.15) is 24.0 Å². The molecule has 1 fully saturated rings. The largest absolute Gasteiger partial charge is 0.543 e. The molecule has 1 saturated heterocycles. The highest BCUT2D eigenvalue weighted by molar-refractivity contribution is 9.10. The van der Waals surface area contributed by atoms with Crippen molar-refractivity contribution in [2.75, 3.05) is 18.6 Å². The number of oxime groups is 1. The number of nitrogen functional groups attached to an aromatic ring is 1. The SMILES string of the molecule is CO/N=C(\C(=O)N[C@@H]1C(=O)N2C(C(=O)[O-])=C(C[n+]3ccn4c(Br)ccc4c3C)CS[C@@H]12)c1nsc(N)n1. The summed E-state index contributed by atoms with van der Waals surface area (Å²) in [5, 5.41) is 17.9. The lowest BCUT2D eigenvalue weighted by atomic mass is 10.0. The Labute approximate surface area is 226 Å². The highest BCUT2D eigenvalue weighted by Gasteiger charge is 2.53. The van der Waals surface area contributed by atoms with Crippen molar-refractivity contribution in [2.24, 2.45) is 5.16 Å². The molecule has 0 radical (unpaired) electrons. The number of carboxylic acid groups (broad SMARTS) is 1. The summed E-state index contributed by atoms with van der Waals surface area (Å²) in [6.45, 7) is 2.20. The number of aryl methyl sites for hydroxylation is 1. The molecular formula is C21H19BrN8O5S2. The van der Waals surface area contributed by atoms with E-state index in [-0.39, 0.29) is 28.9 Å². The summed E-state index contributed by atoms with van der Waals surface area (Å²) in [4.78, 5) is 47.9. The summed E-state index contributed by atoms with van der Waals surface area (Å²) >= 11 is 5.72. The second-order valence-electron chi connectivity index (χ2n) is 8.10. The van der Waals surface area contributed by atoms with Crippen molar-refractivity contribution in [3.05, 3.63) is 51.9 Å². The van der Waals surface area contributed by atoms with Crippen molar-refractivity contribution < 1.29 is 28.9 Å². The van der Waals surface area contributed by atoms with E-state index in [0.29, 0.717) is 11.3 Å². The number of nitrogens with zero attached hydrogens (tertiary/aromatic N) is 6. The Bertz CT molecular complexity index is 1520. The maximum Gasteiger partial charge on any atom is 0.278 e. The standard InChI is InChI=1S/C21H19BrN8O5S2/c1-9-11-3-4-12(22)29(11)6-5-28(9)7-10-8-36-19-14(18(32)30(19)15(10)20(33)34)24-17(31)13(26-35-2)16-25-21(23)37-27-16/h3-6,14,19H,7-8H2,1-2H3,(H3-,23,24,25,27,31,33,34)/b26-13-/t14-,19+/m1/s1. The zero-order valence-electron chi connectivity index (χ0n) is 19.4. The van der Waals surface area contributed by atoms with Gasteiger partial charge in [-0.25, -0.2) is 0 Å². The molecule has 192 valence electrons. The summed E-state index contributed by atoms with van der Waals surface area (Å²) in [6, 6.07) is 2.91. The van der Waals surface area contributed by atoms with Crippen molar-refractivity contribution in [1.29, 1.82) is 0 Å². The van der Waals surface area contributed by atoms with Gasteiger partial charge in [-0.1, -0.05) is 5.16 Å². The maximum absolute atomic E-state index is 13.0. The molecule has 3 aromatic rings. The van der Waals surface area contributed by atoms with Gasteiger partial charge in [0, 0.05) is 29.8 Å². The van der Waals surface area contributed by atoms with E-state index in [2.05, 4.69) is 35.8 Å². The van der Waals surface area contributed by atoms with E-state index in [9.17, 15) is 19.5 Å². The van der Waals surface area contributed by atoms with E-state index in [1.54, 1.807) is 0 Å². The molecule has 37 heavy (non-hydrogen) atoms. The van der Waals surface area contributed by atoms with Crippen LogP contribution in [0.2, 0.25) is 0 Å². The average molecular weight is 607 g/mol. The molecule has 5 rings (SSSR count). The minimum absolute atomic E-state index is 0.0428. The minimum atomic E-state index is -1.45. The molecule has 0 spiro atoms. The van der Waals surface area contributed by atoms with E-state index >= 15 is 0 Å². The Kier molecular flexibility index (Phi) is 6.63. The van der Waals surface area contributed by atoms with E-state index in [0.717, 1.165) is 32.2 Å². The molecule has 2 aliphatic heterocycles. The predicted molar refractivity (Wildman–Crippen MR) is 135 cm³/mol. The molecule has 2 atom stereocenters. The Morgan fingerprint density at radius 2 is 2.22 bits per heavy atom. The molecule has 2 amide bonds. The lowest BCUT2D eigenvalue weighted by Crippen LogP contribution is -2.71. The normalized spacial score (nSPS) is 19.6. The van der Waals surface area contributed by atoms with Crippen LogP contribution in [0.3, 0.4) is 0 Å². The second-order valence-corrected chi connectivity index (χ2v) is 10.8. The van der Waals surface area contributed by atoms with Crippen LogP contribution in [0.1, 0.15) is 11.5 Å². The van der Waals surface area contributed by atoms with Crippen LogP contribution >= 0.6 is 39.2 Å². The number of carbonyl (C=O) groups excluding carboxylic acids is 3. The zero-order chi connectivity index (χ0) is 26.4.